The lowest BCUT2D eigenvalue weighted by Gasteiger charge is -2.12. The number of carbonyl (C=O) groups is 1. The van der Waals surface area contributed by atoms with Crippen LogP contribution in [0.5, 0.6) is 11.5 Å². The zero-order valence-electron chi connectivity index (χ0n) is 21.4. The Morgan fingerprint density at radius 2 is 1.70 bits per heavy atom. The van der Waals surface area contributed by atoms with Crippen LogP contribution in [-0.2, 0) is 14.8 Å². The van der Waals surface area contributed by atoms with E-state index in [9.17, 15) is 13.2 Å². The molecule has 0 bridgehead atoms. The van der Waals surface area contributed by atoms with E-state index in [2.05, 4.69) is 27.3 Å². The second-order valence-corrected chi connectivity index (χ2v) is 12.0. The average Bonchev–Trinajstić information content (AvgIpc) is 3.16. The summed E-state index contributed by atoms with van der Waals surface area (Å²) in [5, 5.41) is 0.134. The van der Waals surface area contributed by atoms with Gasteiger partial charge in [0.15, 0.2) is 16.7 Å². The van der Waals surface area contributed by atoms with Crippen molar-refractivity contribution in [2.24, 2.45) is 4.40 Å². The van der Waals surface area contributed by atoms with Crippen LogP contribution in [0.2, 0.25) is 0 Å². The number of likely N-dealkylation sites (N-methyl/N-ethyl adjacent to an activating group) is 1. The number of methoxy groups -OCH3 is 1. The lowest BCUT2D eigenvalue weighted by molar-refractivity contribution is -0.122. The van der Waals surface area contributed by atoms with Gasteiger partial charge in [-0.2, -0.15) is 8.42 Å². The van der Waals surface area contributed by atoms with E-state index in [0.29, 0.717) is 29.6 Å². The quantitative estimate of drug-likeness (QED) is 0.182. The molecule has 0 aromatic heterocycles. The number of sulfonamides is 1. The molecule has 0 unspecified atom stereocenters. The summed E-state index contributed by atoms with van der Waals surface area (Å²) in [4.78, 5) is 14.9. The molecule has 37 heavy (non-hydrogen) atoms. The normalized spacial score (nSPS) is 16.1. The number of hydrogen-bond donors (Lipinski definition) is 0. The van der Waals surface area contributed by atoms with Crippen molar-refractivity contribution in [1.29, 1.82) is 0 Å². The van der Waals surface area contributed by atoms with Gasteiger partial charge in [-0.15, -0.1) is 4.40 Å². The highest BCUT2D eigenvalue weighted by atomic mass is 79.9. The topological polar surface area (TPSA) is 85.3 Å². The van der Waals surface area contributed by atoms with Gasteiger partial charge < -0.3 is 9.47 Å². The van der Waals surface area contributed by atoms with Crippen LogP contribution in [0.1, 0.15) is 57.9 Å². The second-order valence-electron chi connectivity index (χ2n) is 8.49. The fraction of sp³-hybridized carbons (Fsp3) is 0.407. The van der Waals surface area contributed by atoms with Crippen LogP contribution >= 0.6 is 27.7 Å². The van der Waals surface area contributed by atoms with Crippen LogP contribution in [0.25, 0.3) is 6.08 Å². The van der Waals surface area contributed by atoms with E-state index in [4.69, 9.17) is 9.47 Å². The lowest BCUT2D eigenvalue weighted by Crippen LogP contribution is -2.29. The highest BCUT2D eigenvalue weighted by molar-refractivity contribution is 9.10. The molecule has 1 aliphatic rings. The van der Waals surface area contributed by atoms with Crippen LogP contribution in [0.15, 0.2) is 61.1 Å². The predicted molar refractivity (Wildman–Crippen MR) is 154 cm³/mol. The van der Waals surface area contributed by atoms with Gasteiger partial charge in [0.2, 0.25) is 0 Å². The molecule has 200 valence electrons. The Hall–Kier alpha value is -2.30. The zero-order chi connectivity index (χ0) is 26.8. The Morgan fingerprint density at radius 1 is 1.00 bits per heavy atom. The van der Waals surface area contributed by atoms with Crippen molar-refractivity contribution < 1.29 is 22.7 Å². The standard InChI is InChI=1S/C27H33BrN2O5S2/c1-4-6-7-8-9-10-17-35-24-18-20(11-16-23(24)34-3)19-25-26(31)30(5-2)27(36-25)29-37(32,33)22-14-12-21(28)13-15-22/h11-16,18-19H,4-10,17H2,1-3H3/b25-19-,29-27?. The van der Waals surface area contributed by atoms with E-state index in [1.807, 2.05) is 12.1 Å². The van der Waals surface area contributed by atoms with Crippen molar-refractivity contribution in [2.75, 3.05) is 20.3 Å². The monoisotopic (exact) mass is 608 g/mol. The Labute approximate surface area is 232 Å². The van der Waals surface area contributed by atoms with Crippen LogP contribution < -0.4 is 9.47 Å². The Bertz CT molecular complexity index is 1240. The van der Waals surface area contributed by atoms with Gasteiger partial charge in [-0.3, -0.25) is 9.69 Å². The molecule has 10 heteroatoms. The molecule has 0 saturated carbocycles. The number of carbonyl (C=O) groups excluding carboxylic acids is 1. The van der Waals surface area contributed by atoms with E-state index >= 15 is 0 Å². The number of unbranched alkanes of at least 4 members (excludes halogenated alkanes) is 5. The molecular formula is C27H33BrN2O5S2. The number of benzene rings is 2. The fourth-order valence-electron chi connectivity index (χ4n) is 3.73. The van der Waals surface area contributed by atoms with Gasteiger partial charge in [-0.25, -0.2) is 0 Å². The van der Waals surface area contributed by atoms with E-state index in [0.717, 1.165) is 34.6 Å². The van der Waals surface area contributed by atoms with Crippen molar-refractivity contribution in [1.82, 2.24) is 4.90 Å². The van der Waals surface area contributed by atoms with Crippen molar-refractivity contribution in [3.8, 4) is 11.5 Å². The molecule has 1 amide bonds. The summed E-state index contributed by atoms with van der Waals surface area (Å²) in [6.07, 6.45) is 8.75. The molecule has 1 saturated heterocycles. The second kappa shape index (κ2) is 14.0. The van der Waals surface area contributed by atoms with Gasteiger partial charge in [0.25, 0.3) is 15.9 Å². The molecular weight excluding hydrogens is 576 g/mol. The summed E-state index contributed by atoms with van der Waals surface area (Å²) < 4.78 is 41.9. The summed E-state index contributed by atoms with van der Waals surface area (Å²) in [5.41, 5.74) is 0.752. The molecule has 3 rings (SSSR count). The average molecular weight is 610 g/mol. The zero-order valence-corrected chi connectivity index (χ0v) is 24.6. The molecule has 1 fully saturated rings. The first kappa shape index (κ1) is 29.3. The van der Waals surface area contributed by atoms with Gasteiger partial charge in [-0.05, 0) is 73.1 Å². The minimum Gasteiger partial charge on any atom is -0.493 e. The summed E-state index contributed by atoms with van der Waals surface area (Å²) in [5.74, 6) is 0.944. The van der Waals surface area contributed by atoms with Gasteiger partial charge in [-0.1, -0.05) is 61.0 Å². The first-order valence-corrected chi connectivity index (χ1v) is 15.5. The van der Waals surface area contributed by atoms with E-state index < -0.39 is 10.0 Å². The number of thioether (sulfide) groups is 1. The fourth-order valence-corrected chi connectivity index (χ4v) is 6.24. The number of hydrogen-bond acceptors (Lipinski definition) is 6. The van der Waals surface area contributed by atoms with Gasteiger partial charge in [0.05, 0.1) is 23.5 Å². The number of halogens is 1. The minimum atomic E-state index is -3.97. The Morgan fingerprint density at radius 3 is 2.38 bits per heavy atom. The largest absolute Gasteiger partial charge is 0.493 e. The first-order chi connectivity index (χ1) is 17.8. The molecule has 1 heterocycles. The lowest BCUT2D eigenvalue weighted by atomic mass is 10.1. The molecule has 0 radical (unpaired) electrons. The maximum absolute atomic E-state index is 13.0. The summed E-state index contributed by atoms with van der Waals surface area (Å²) in [7, 11) is -2.38. The molecule has 0 aliphatic carbocycles. The van der Waals surface area contributed by atoms with Crippen molar-refractivity contribution in [3.63, 3.8) is 0 Å². The summed E-state index contributed by atoms with van der Waals surface area (Å²) in [6, 6.07) is 11.7. The highest BCUT2D eigenvalue weighted by Crippen LogP contribution is 2.35. The number of ether oxygens (including phenoxy) is 2. The van der Waals surface area contributed by atoms with Crippen LogP contribution in [0.3, 0.4) is 0 Å². The van der Waals surface area contributed by atoms with Gasteiger partial charge in [0, 0.05) is 11.0 Å². The van der Waals surface area contributed by atoms with Crippen LogP contribution in [-0.4, -0.2) is 44.7 Å². The maximum atomic E-state index is 13.0. The summed E-state index contributed by atoms with van der Waals surface area (Å²) in [6.45, 7) is 4.87. The molecule has 2 aromatic rings. The highest BCUT2D eigenvalue weighted by Gasteiger charge is 2.34. The number of amidine groups is 1. The van der Waals surface area contributed by atoms with E-state index in [-0.39, 0.29) is 16.0 Å². The molecule has 0 spiro atoms. The van der Waals surface area contributed by atoms with Gasteiger partial charge >= 0.3 is 0 Å². The SMILES string of the molecule is CCCCCCCCOc1cc(/C=C2\SC(=NS(=O)(=O)c3ccc(Br)cc3)N(CC)C2=O)ccc1OC. The van der Waals surface area contributed by atoms with E-state index in [1.165, 1.54) is 42.7 Å². The molecule has 0 atom stereocenters. The molecule has 2 aromatic carbocycles. The van der Waals surface area contributed by atoms with Crippen molar-refractivity contribution >= 4 is 54.9 Å². The Balaban J connectivity index is 1.77. The van der Waals surface area contributed by atoms with Crippen molar-refractivity contribution in [2.45, 2.75) is 57.3 Å². The third-order valence-electron chi connectivity index (χ3n) is 5.75. The summed E-state index contributed by atoms with van der Waals surface area (Å²) >= 11 is 4.34. The third-order valence-corrected chi connectivity index (χ3v) is 8.69. The number of amides is 1. The van der Waals surface area contributed by atoms with Gasteiger partial charge in [0.1, 0.15) is 0 Å². The number of rotatable bonds is 13. The smallest absolute Gasteiger partial charge is 0.284 e. The van der Waals surface area contributed by atoms with Crippen LogP contribution in [0, 0.1) is 0 Å². The molecule has 1 aliphatic heterocycles. The number of nitrogens with zero attached hydrogens (tertiary/aromatic N) is 2. The van der Waals surface area contributed by atoms with Crippen LogP contribution in [0.4, 0.5) is 0 Å². The minimum absolute atomic E-state index is 0.0621. The third kappa shape index (κ3) is 8.09. The molecule has 0 N–H and O–H groups in total. The Kier molecular flexibility index (Phi) is 11.1. The van der Waals surface area contributed by atoms with Crippen molar-refractivity contribution in [3.05, 3.63) is 57.4 Å². The maximum Gasteiger partial charge on any atom is 0.284 e. The predicted octanol–water partition coefficient (Wildman–Crippen LogP) is 6.88. The first-order valence-electron chi connectivity index (χ1n) is 12.4. The molecule has 7 nitrogen and oxygen atoms in total. The van der Waals surface area contributed by atoms with E-state index in [1.54, 1.807) is 38.3 Å².